The molecule has 0 spiro atoms. The predicted molar refractivity (Wildman–Crippen MR) is 122 cm³/mol. The third-order valence-corrected chi connectivity index (χ3v) is 5.20. The summed E-state index contributed by atoms with van der Waals surface area (Å²) in [6.45, 7) is 3.98. The van der Waals surface area contributed by atoms with Crippen molar-refractivity contribution in [3.05, 3.63) is 101 Å². The molecule has 0 saturated heterocycles. The molecule has 30 heavy (non-hydrogen) atoms. The molecule has 0 aromatic heterocycles. The van der Waals surface area contributed by atoms with E-state index >= 15 is 0 Å². The van der Waals surface area contributed by atoms with E-state index in [1.807, 2.05) is 62.4 Å². The highest BCUT2D eigenvalue weighted by atomic mass is 16.2. The zero-order valence-corrected chi connectivity index (χ0v) is 17.5. The van der Waals surface area contributed by atoms with Gasteiger partial charge in [-0.05, 0) is 55.5 Å². The maximum Gasteiger partial charge on any atom is 0.255 e. The summed E-state index contributed by atoms with van der Waals surface area (Å²) in [7, 11) is 0. The number of carbonyl (C=O) groups excluding carboxylic acids is 2. The molecule has 1 unspecified atom stereocenters. The van der Waals surface area contributed by atoms with Crippen molar-refractivity contribution < 1.29 is 9.59 Å². The summed E-state index contributed by atoms with van der Waals surface area (Å²) >= 11 is 0. The number of para-hydroxylation sites is 1. The molecule has 154 valence electrons. The number of rotatable bonds is 8. The van der Waals surface area contributed by atoms with E-state index in [1.165, 1.54) is 5.56 Å². The van der Waals surface area contributed by atoms with Crippen LogP contribution in [0.25, 0.3) is 0 Å². The minimum Gasteiger partial charge on any atom is -0.350 e. The van der Waals surface area contributed by atoms with Crippen molar-refractivity contribution >= 4 is 17.5 Å². The van der Waals surface area contributed by atoms with Crippen LogP contribution in [0, 0.1) is 0 Å². The van der Waals surface area contributed by atoms with E-state index in [1.54, 1.807) is 18.2 Å². The summed E-state index contributed by atoms with van der Waals surface area (Å²) in [6, 6.07) is 25.0. The van der Waals surface area contributed by atoms with Crippen LogP contribution >= 0.6 is 0 Å². The summed E-state index contributed by atoms with van der Waals surface area (Å²) in [5, 5.41) is 5.90. The Balaban J connectivity index is 1.76. The Labute approximate surface area is 178 Å². The summed E-state index contributed by atoms with van der Waals surface area (Å²) in [4.78, 5) is 25.7. The van der Waals surface area contributed by atoms with Gasteiger partial charge in [-0.1, -0.05) is 67.6 Å². The number of anilines is 1. The fourth-order valence-corrected chi connectivity index (χ4v) is 3.27. The standard InChI is InChI=1S/C26H28N2O2/c1-3-19(2)27-26(30)23-15-9-10-16-24(23)28-25(29)22-14-8-7-13-21(22)18-17-20-11-5-4-6-12-20/h4-16,19H,3,17-18H2,1-2H3,(H,27,30)(H,28,29). The average Bonchev–Trinajstić information content (AvgIpc) is 2.78. The van der Waals surface area contributed by atoms with Gasteiger partial charge >= 0.3 is 0 Å². The number of aryl methyl sites for hydroxylation is 2. The predicted octanol–water partition coefficient (Wildman–Crippen LogP) is 5.25. The van der Waals surface area contributed by atoms with E-state index in [4.69, 9.17) is 0 Å². The number of benzene rings is 3. The lowest BCUT2D eigenvalue weighted by Crippen LogP contribution is -2.32. The van der Waals surface area contributed by atoms with Crippen molar-refractivity contribution in [1.82, 2.24) is 5.32 Å². The highest BCUT2D eigenvalue weighted by molar-refractivity contribution is 6.09. The normalized spacial score (nSPS) is 11.5. The first-order valence-electron chi connectivity index (χ1n) is 10.4. The third kappa shape index (κ3) is 5.57. The van der Waals surface area contributed by atoms with Gasteiger partial charge in [0.25, 0.3) is 11.8 Å². The smallest absolute Gasteiger partial charge is 0.255 e. The maximum absolute atomic E-state index is 13.1. The lowest BCUT2D eigenvalue weighted by molar-refractivity contribution is 0.0940. The topological polar surface area (TPSA) is 58.2 Å². The first kappa shape index (κ1) is 21.3. The lowest BCUT2D eigenvalue weighted by atomic mass is 9.99. The number of amides is 2. The van der Waals surface area contributed by atoms with Crippen LogP contribution in [0.1, 0.15) is 52.1 Å². The van der Waals surface area contributed by atoms with Gasteiger partial charge in [0, 0.05) is 11.6 Å². The van der Waals surface area contributed by atoms with Gasteiger partial charge in [0.15, 0.2) is 0 Å². The largest absolute Gasteiger partial charge is 0.350 e. The molecule has 0 bridgehead atoms. The second kappa shape index (κ2) is 10.4. The van der Waals surface area contributed by atoms with Gasteiger partial charge in [0.2, 0.25) is 0 Å². The molecule has 0 aliphatic heterocycles. The van der Waals surface area contributed by atoms with Crippen molar-refractivity contribution in [2.75, 3.05) is 5.32 Å². The Morgan fingerprint density at radius 1 is 0.767 bits per heavy atom. The van der Waals surface area contributed by atoms with Crippen LogP contribution in [0.4, 0.5) is 5.69 Å². The zero-order chi connectivity index (χ0) is 21.3. The van der Waals surface area contributed by atoms with E-state index < -0.39 is 0 Å². The molecule has 4 heteroatoms. The Bertz CT molecular complexity index is 999. The Morgan fingerprint density at radius 2 is 1.40 bits per heavy atom. The van der Waals surface area contributed by atoms with Crippen LogP contribution in [-0.4, -0.2) is 17.9 Å². The number of carbonyl (C=O) groups is 2. The third-order valence-electron chi connectivity index (χ3n) is 5.20. The quantitative estimate of drug-likeness (QED) is 0.542. The van der Waals surface area contributed by atoms with Crippen LogP contribution in [-0.2, 0) is 12.8 Å². The minimum atomic E-state index is -0.206. The van der Waals surface area contributed by atoms with Crippen molar-refractivity contribution in [2.24, 2.45) is 0 Å². The van der Waals surface area contributed by atoms with Crippen molar-refractivity contribution in [3.8, 4) is 0 Å². The second-order valence-corrected chi connectivity index (χ2v) is 7.43. The molecular formula is C26H28N2O2. The molecule has 0 fully saturated rings. The van der Waals surface area contributed by atoms with E-state index in [9.17, 15) is 9.59 Å². The molecule has 0 radical (unpaired) electrons. The minimum absolute atomic E-state index is 0.0694. The van der Waals surface area contributed by atoms with Gasteiger partial charge in [-0.2, -0.15) is 0 Å². The van der Waals surface area contributed by atoms with Gasteiger partial charge in [-0.15, -0.1) is 0 Å². The second-order valence-electron chi connectivity index (χ2n) is 7.43. The molecule has 3 aromatic carbocycles. The number of hydrogen-bond acceptors (Lipinski definition) is 2. The highest BCUT2D eigenvalue weighted by Crippen LogP contribution is 2.19. The molecule has 0 saturated carbocycles. The zero-order valence-electron chi connectivity index (χ0n) is 17.5. The SMILES string of the molecule is CCC(C)NC(=O)c1ccccc1NC(=O)c1ccccc1CCc1ccccc1. The fraction of sp³-hybridized carbons (Fsp3) is 0.231. The molecule has 0 heterocycles. The monoisotopic (exact) mass is 400 g/mol. The van der Waals surface area contributed by atoms with E-state index in [0.29, 0.717) is 16.8 Å². The Hall–Kier alpha value is -3.40. The molecule has 3 aromatic rings. The molecule has 1 atom stereocenters. The van der Waals surface area contributed by atoms with Gasteiger partial charge in [0.05, 0.1) is 11.3 Å². The van der Waals surface area contributed by atoms with Crippen LogP contribution in [0.15, 0.2) is 78.9 Å². The van der Waals surface area contributed by atoms with Crippen LogP contribution < -0.4 is 10.6 Å². The first-order chi connectivity index (χ1) is 14.6. The Morgan fingerprint density at radius 3 is 2.13 bits per heavy atom. The molecule has 0 aliphatic carbocycles. The average molecular weight is 401 g/mol. The molecule has 0 aliphatic rings. The number of nitrogens with one attached hydrogen (secondary N) is 2. The summed E-state index contributed by atoms with van der Waals surface area (Å²) < 4.78 is 0. The van der Waals surface area contributed by atoms with Crippen LogP contribution in [0.5, 0.6) is 0 Å². The summed E-state index contributed by atoms with van der Waals surface area (Å²) in [5.74, 6) is -0.389. The molecule has 2 amide bonds. The van der Waals surface area contributed by atoms with Crippen LogP contribution in [0.3, 0.4) is 0 Å². The van der Waals surface area contributed by atoms with Crippen molar-refractivity contribution in [3.63, 3.8) is 0 Å². The Kier molecular flexibility index (Phi) is 7.39. The van der Waals surface area contributed by atoms with Crippen molar-refractivity contribution in [2.45, 2.75) is 39.2 Å². The lowest BCUT2D eigenvalue weighted by Gasteiger charge is -2.15. The molecule has 2 N–H and O–H groups in total. The fourth-order valence-electron chi connectivity index (χ4n) is 3.27. The molecular weight excluding hydrogens is 372 g/mol. The van der Waals surface area contributed by atoms with Gasteiger partial charge in [-0.25, -0.2) is 0 Å². The highest BCUT2D eigenvalue weighted by Gasteiger charge is 2.17. The first-order valence-corrected chi connectivity index (χ1v) is 10.4. The van der Waals surface area contributed by atoms with E-state index in [-0.39, 0.29) is 17.9 Å². The molecule has 3 rings (SSSR count). The van der Waals surface area contributed by atoms with Gasteiger partial charge in [0.1, 0.15) is 0 Å². The van der Waals surface area contributed by atoms with Gasteiger partial charge < -0.3 is 10.6 Å². The van der Waals surface area contributed by atoms with E-state index in [2.05, 4.69) is 22.8 Å². The summed E-state index contributed by atoms with van der Waals surface area (Å²) in [5.41, 5.74) is 3.83. The van der Waals surface area contributed by atoms with Crippen molar-refractivity contribution in [1.29, 1.82) is 0 Å². The maximum atomic E-state index is 13.1. The summed E-state index contributed by atoms with van der Waals surface area (Å²) in [6.07, 6.45) is 2.47. The number of hydrogen-bond donors (Lipinski definition) is 2. The van der Waals surface area contributed by atoms with Crippen LogP contribution in [0.2, 0.25) is 0 Å². The van der Waals surface area contributed by atoms with Gasteiger partial charge in [-0.3, -0.25) is 9.59 Å². The molecule has 4 nitrogen and oxygen atoms in total. The van der Waals surface area contributed by atoms with E-state index in [0.717, 1.165) is 24.8 Å².